The van der Waals surface area contributed by atoms with Gasteiger partial charge >= 0.3 is 0 Å². The van der Waals surface area contributed by atoms with Crippen LogP contribution in [-0.2, 0) is 4.79 Å². The van der Waals surface area contributed by atoms with E-state index in [0.717, 1.165) is 21.2 Å². The molecule has 2 aromatic rings. The number of benzene rings is 2. The number of thioether (sulfide) groups is 1. The summed E-state index contributed by atoms with van der Waals surface area (Å²) in [6, 6.07) is 17.6. The van der Waals surface area contributed by atoms with Crippen LogP contribution in [0, 0.1) is 0 Å². The summed E-state index contributed by atoms with van der Waals surface area (Å²) in [5.74, 6) is -0.0973. The standard InChI is InChI=1S/C16H14N2OS/c19-16(18-12-6-2-1-3-7-12)10-13-11-17-14-8-4-5-9-15(14)20-13/h1-10,17H,11H2,(H,18,19). The summed E-state index contributed by atoms with van der Waals surface area (Å²) in [6.07, 6.45) is 1.65. The molecular formula is C16H14N2OS. The summed E-state index contributed by atoms with van der Waals surface area (Å²) in [6.45, 7) is 0.684. The first-order valence-corrected chi connectivity index (χ1v) is 7.20. The number of amides is 1. The molecule has 4 heteroatoms. The number of anilines is 2. The second-order valence-corrected chi connectivity index (χ2v) is 5.59. The van der Waals surface area contributed by atoms with E-state index in [4.69, 9.17) is 0 Å². The molecule has 0 atom stereocenters. The molecule has 1 amide bonds. The Bertz CT molecular complexity index is 653. The van der Waals surface area contributed by atoms with Gasteiger partial charge in [0, 0.05) is 33.8 Å². The zero-order valence-corrected chi connectivity index (χ0v) is 11.6. The molecule has 3 nitrogen and oxygen atoms in total. The molecule has 0 saturated heterocycles. The third-order valence-electron chi connectivity index (χ3n) is 2.91. The van der Waals surface area contributed by atoms with Crippen molar-refractivity contribution in [2.24, 2.45) is 0 Å². The van der Waals surface area contributed by atoms with Crippen molar-refractivity contribution in [3.63, 3.8) is 0 Å². The van der Waals surface area contributed by atoms with E-state index in [9.17, 15) is 4.79 Å². The summed E-state index contributed by atoms with van der Waals surface area (Å²) in [5, 5.41) is 6.17. The fourth-order valence-electron chi connectivity index (χ4n) is 1.99. The first-order valence-electron chi connectivity index (χ1n) is 6.38. The van der Waals surface area contributed by atoms with Gasteiger partial charge in [-0.05, 0) is 24.3 Å². The minimum absolute atomic E-state index is 0.0973. The van der Waals surface area contributed by atoms with Crippen LogP contribution >= 0.6 is 11.8 Å². The molecule has 20 heavy (non-hydrogen) atoms. The Morgan fingerprint density at radius 3 is 2.70 bits per heavy atom. The van der Waals surface area contributed by atoms with Crippen molar-refractivity contribution in [1.29, 1.82) is 0 Å². The van der Waals surface area contributed by atoms with Gasteiger partial charge in [0.1, 0.15) is 0 Å². The highest BCUT2D eigenvalue weighted by atomic mass is 32.2. The van der Waals surface area contributed by atoms with E-state index in [1.165, 1.54) is 0 Å². The second kappa shape index (κ2) is 5.84. The van der Waals surface area contributed by atoms with Crippen LogP contribution in [-0.4, -0.2) is 12.5 Å². The molecule has 0 aliphatic carbocycles. The molecular weight excluding hydrogens is 268 g/mol. The number of hydrogen-bond donors (Lipinski definition) is 2. The van der Waals surface area contributed by atoms with Gasteiger partial charge in [-0.2, -0.15) is 0 Å². The summed E-state index contributed by atoms with van der Waals surface area (Å²) in [4.78, 5) is 14.1. The second-order valence-electron chi connectivity index (χ2n) is 4.42. The van der Waals surface area contributed by atoms with Crippen LogP contribution in [0.4, 0.5) is 11.4 Å². The Kier molecular flexibility index (Phi) is 3.74. The van der Waals surface area contributed by atoms with Crippen molar-refractivity contribution in [1.82, 2.24) is 0 Å². The molecule has 3 rings (SSSR count). The predicted octanol–water partition coefficient (Wildman–Crippen LogP) is 3.73. The van der Waals surface area contributed by atoms with Crippen LogP contribution in [0.5, 0.6) is 0 Å². The molecule has 0 unspecified atom stereocenters. The third kappa shape index (κ3) is 3.03. The van der Waals surface area contributed by atoms with Gasteiger partial charge in [-0.1, -0.05) is 42.1 Å². The Morgan fingerprint density at radius 1 is 1.10 bits per heavy atom. The highest BCUT2D eigenvalue weighted by Gasteiger charge is 2.13. The van der Waals surface area contributed by atoms with Gasteiger partial charge < -0.3 is 10.6 Å². The minimum Gasteiger partial charge on any atom is -0.380 e. The van der Waals surface area contributed by atoms with Crippen molar-refractivity contribution in [3.8, 4) is 0 Å². The SMILES string of the molecule is O=C(C=C1CNc2ccccc2S1)Nc1ccccc1. The van der Waals surface area contributed by atoms with Gasteiger partial charge in [0.15, 0.2) is 0 Å². The number of carbonyl (C=O) groups is 1. The average Bonchev–Trinajstić information content (AvgIpc) is 2.48. The first kappa shape index (κ1) is 12.8. The van der Waals surface area contributed by atoms with Crippen LogP contribution in [0.3, 0.4) is 0 Å². The molecule has 0 radical (unpaired) electrons. The topological polar surface area (TPSA) is 41.1 Å². The maximum absolute atomic E-state index is 12.0. The van der Waals surface area contributed by atoms with Crippen molar-refractivity contribution in [2.45, 2.75) is 4.90 Å². The highest BCUT2D eigenvalue weighted by Crippen LogP contribution is 2.36. The molecule has 2 N–H and O–H groups in total. The van der Waals surface area contributed by atoms with Gasteiger partial charge in [-0.25, -0.2) is 0 Å². The van der Waals surface area contributed by atoms with Crippen molar-refractivity contribution < 1.29 is 4.79 Å². The van der Waals surface area contributed by atoms with Crippen molar-refractivity contribution >= 4 is 29.0 Å². The number of carbonyl (C=O) groups excluding carboxylic acids is 1. The molecule has 0 fully saturated rings. The Balaban J connectivity index is 1.70. The molecule has 0 bridgehead atoms. The number of hydrogen-bond acceptors (Lipinski definition) is 3. The maximum Gasteiger partial charge on any atom is 0.249 e. The summed E-state index contributed by atoms with van der Waals surface area (Å²) in [5.41, 5.74) is 1.93. The summed E-state index contributed by atoms with van der Waals surface area (Å²) >= 11 is 1.63. The Morgan fingerprint density at radius 2 is 1.85 bits per heavy atom. The monoisotopic (exact) mass is 282 g/mol. The Labute approximate surface area is 122 Å². The molecule has 0 aromatic heterocycles. The lowest BCUT2D eigenvalue weighted by atomic mass is 10.3. The smallest absolute Gasteiger partial charge is 0.249 e. The molecule has 0 saturated carbocycles. The average molecular weight is 282 g/mol. The van der Waals surface area contributed by atoms with Crippen LogP contribution in [0.25, 0.3) is 0 Å². The zero-order chi connectivity index (χ0) is 13.8. The lowest BCUT2D eigenvalue weighted by molar-refractivity contribution is -0.111. The quantitative estimate of drug-likeness (QED) is 0.825. The fraction of sp³-hybridized carbons (Fsp3) is 0.0625. The van der Waals surface area contributed by atoms with E-state index in [-0.39, 0.29) is 5.91 Å². The molecule has 100 valence electrons. The van der Waals surface area contributed by atoms with E-state index in [2.05, 4.69) is 16.7 Å². The van der Waals surface area contributed by atoms with Gasteiger partial charge in [0.05, 0.1) is 0 Å². The van der Waals surface area contributed by atoms with Crippen LogP contribution < -0.4 is 10.6 Å². The molecule has 1 aliphatic rings. The minimum atomic E-state index is -0.0973. The highest BCUT2D eigenvalue weighted by molar-refractivity contribution is 8.03. The van der Waals surface area contributed by atoms with E-state index in [0.29, 0.717) is 6.54 Å². The third-order valence-corrected chi connectivity index (χ3v) is 4.01. The van der Waals surface area contributed by atoms with Gasteiger partial charge in [-0.3, -0.25) is 4.79 Å². The van der Waals surface area contributed by atoms with Gasteiger partial charge in [0.2, 0.25) is 5.91 Å². The predicted molar refractivity (Wildman–Crippen MR) is 83.9 cm³/mol. The van der Waals surface area contributed by atoms with E-state index < -0.39 is 0 Å². The number of rotatable bonds is 2. The van der Waals surface area contributed by atoms with Crippen LogP contribution in [0.15, 0.2) is 70.5 Å². The van der Waals surface area contributed by atoms with E-state index >= 15 is 0 Å². The van der Waals surface area contributed by atoms with Crippen LogP contribution in [0.1, 0.15) is 0 Å². The normalized spacial score (nSPS) is 15.3. The van der Waals surface area contributed by atoms with Crippen molar-refractivity contribution in [3.05, 3.63) is 65.6 Å². The van der Waals surface area contributed by atoms with Gasteiger partial charge in [-0.15, -0.1) is 0 Å². The fourth-order valence-corrected chi connectivity index (χ4v) is 2.98. The number of fused-ring (bicyclic) bond motifs is 1. The van der Waals surface area contributed by atoms with Gasteiger partial charge in [0.25, 0.3) is 0 Å². The maximum atomic E-state index is 12.0. The first-order chi connectivity index (χ1) is 9.81. The summed E-state index contributed by atoms with van der Waals surface area (Å²) < 4.78 is 0. The Hall–Kier alpha value is -2.20. The molecule has 2 aromatic carbocycles. The lowest BCUT2D eigenvalue weighted by Gasteiger charge is -2.19. The largest absolute Gasteiger partial charge is 0.380 e. The number of para-hydroxylation sites is 2. The summed E-state index contributed by atoms with van der Waals surface area (Å²) in [7, 11) is 0. The van der Waals surface area contributed by atoms with E-state index in [1.54, 1.807) is 17.8 Å². The molecule has 0 spiro atoms. The number of nitrogens with one attached hydrogen (secondary N) is 2. The van der Waals surface area contributed by atoms with Crippen molar-refractivity contribution in [2.75, 3.05) is 17.2 Å². The molecule has 1 aliphatic heterocycles. The lowest BCUT2D eigenvalue weighted by Crippen LogP contribution is -2.13. The van der Waals surface area contributed by atoms with Crippen LogP contribution in [0.2, 0.25) is 0 Å². The van der Waals surface area contributed by atoms with E-state index in [1.807, 2.05) is 48.5 Å². The zero-order valence-electron chi connectivity index (χ0n) is 10.8. The molecule has 1 heterocycles.